The molecule has 0 saturated heterocycles. The molecule has 0 atom stereocenters. The molecule has 5 nitrogen and oxygen atoms in total. The molecule has 134 valence electrons. The van der Waals surface area contributed by atoms with Crippen LogP contribution < -0.4 is 10.6 Å². The van der Waals surface area contributed by atoms with E-state index in [4.69, 9.17) is 0 Å². The largest absolute Gasteiger partial charge is 0.416 e. The number of benzene rings is 2. The molecule has 2 amide bonds. The maximum absolute atomic E-state index is 12.8. The fraction of sp³-hybridized carbons (Fsp3) is 0.118. The van der Waals surface area contributed by atoms with Crippen LogP contribution in [0.3, 0.4) is 0 Å². The van der Waals surface area contributed by atoms with Gasteiger partial charge in [0.1, 0.15) is 0 Å². The Balaban J connectivity index is 1.82. The van der Waals surface area contributed by atoms with Gasteiger partial charge in [0.05, 0.1) is 15.8 Å². The first kappa shape index (κ1) is 17.9. The van der Waals surface area contributed by atoms with Crippen LogP contribution in [0.4, 0.5) is 24.0 Å². The van der Waals surface area contributed by atoms with Crippen molar-refractivity contribution in [1.82, 2.24) is 4.98 Å². The molecule has 1 aromatic heterocycles. The number of rotatable bonds is 3. The van der Waals surface area contributed by atoms with Gasteiger partial charge in [0, 0.05) is 18.2 Å². The number of hydrogen-bond donors (Lipinski definition) is 2. The molecular weight excluding hydrogens is 367 g/mol. The molecule has 0 radical (unpaired) electrons. The lowest BCUT2D eigenvalue weighted by atomic mass is 10.1. The van der Waals surface area contributed by atoms with Gasteiger partial charge in [-0.1, -0.05) is 17.4 Å². The monoisotopic (exact) mass is 379 g/mol. The number of amides is 2. The number of nitrogens with one attached hydrogen (secondary N) is 2. The predicted molar refractivity (Wildman–Crippen MR) is 93.3 cm³/mol. The van der Waals surface area contributed by atoms with Crippen LogP contribution in [0.5, 0.6) is 0 Å². The van der Waals surface area contributed by atoms with Crippen molar-refractivity contribution < 1.29 is 22.8 Å². The second-order valence-electron chi connectivity index (χ2n) is 5.42. The predicted octanol–water partition coefficient (Wildman–Crippen LogP) is 4.53. The molecule has 0 aliphatic rings. The maximum atomic E-state index is 12.8. The van der Waals surface area contributed by atoms with E-state index in [-0.39, 0.29) is 16.6 Å². The quantitative estimate of drug-likeness (QED) is 0.703. The van der Waals surface area contributed by atoms with E-state index in [1.807, 2.05) is 0 Å². The molecule has 0 unspecified atom stereocenters. The van der Waals surface area contributed by atoms with E-state index in [0.717, 1.165) is 28.2 Å². The molecule has 0 aliphatic carbocycles. The van der Waals surface area contributed by atoms with Gasteiger partial charge >= 0.3 is 6.18 Å². The van der Waals surface area contributed by atoms with Crippen molar-refractivity contribution >= 4 is 44.2 Å². The number of hydrogen-bond acceptors (Lipinski definition) is 4. The lowest BCUT2D eigenvalue weighted by Crippen LogP contribution is -2.13. The molecule has 0 bridgehead atoms. The molecule has 26 heavy (non-hydrogen) atoms. The molecule has 0 saturated carbocycles. The third-order valence-electron chi connectivity index (χ3n) is 3.38. The number of carbonyl (C=O) groups is 2. The molecule has 1 heterocycles. The van der Waals surface area contributed by atoms with E-state index < -0.39 is 17.6 Å². The average molecular weight is 379 g/mol. The SMILES string of the molecule is CC(=O)Nc1ccc2nc(NC(=O)c3cccc(C(F)(F)F)c3)sc2c1. The number of halogens is 3. The zero-order chi connectivity index (χ0) is 18.9. The zero-order valence-electron chi connectivity index (χ0n) is 13.3. The highest BCUT2D eigenvalue weighted by molar-refractivity contribution is 7.22. The van der Waals surface area contributed by atoms with E-state index in [2.05, 4.69) is 15.6 Å². The van der Waals surface area contributed by atoms with Gasteiger partial charge in [-0.3, -0.25) is 14.9 Å². The standard InChI is InChI=1S/C17H12F3N3O2S/c1-9(24)21-12-5-6-13-14(8-12)26-16(22-13)23-15(25)10-3-2-4-11(7-10)17(18,19)20/h2-8H,1H3,(H,21,24)(H,22,23,25). The van der Waals surface area contributed by atoms with Crippen LogP contribution in [-0.4, -0.2) is 16.8 Å². The maximum Gasteiger partial charge on any atom is 0.416 e. The summed E-state index contributed by atoms with van der Waals surface area (Å²) in [6, 6.07) is 9.21. The highest BCUT2D eigenvalue weighted by Crippen LogP contribution is 2.31. The molecule has 9 heteroatoms. The number of carbonyl (C=O) groups excluding carboxylic acids is 2. The number of alkyl halides is 3. The minimum atomic E-state index is -4.52. The third kappa shape index (κ3) is 3.99. The first-order valence-corrected chi connectivity index (χ1v) is 8.21. The van der Waals surface area contributed by atoms with Crippen molar-refractivity contribution in [3.8, 4) is 0 Å². The van der Waals surface area contributed by atoms with Crippen LogP contribution in [0.15, 0.2) is 42.5 Å². The van der Waals surface area contributed by atoms with Crippen molar-refractivity contribution in [2.75, 3.05) is 10.6 Å². The summed E-state index contributed by atoms with van der Waals surface area (Å²) < 4.78 is 39.0. The Kier molecular flexibility index (Phi) is 4.64. The van der Waals surface area contributed by atoms with Crippen molar-refractivity contribution in [3.05, 3.63) is 53.6 Å². The summed E-state index contributed by atoms with van der Waals surface area (Å²) in [5.74, 6) is -0.899. The van der Waals surface area contributed by atoms with Gasteiger partial charge in [0.2, 0.25) is 5.91 Å². The number of thiazole rings is 1. The first-order chi connectivity index (χ1) is 12.2. The van der Waals surface area contributed by atoms with Gasteiger partial charge in [-0.2, -0.15) is 13.2 Å². The Hall–Kier alpha value is -2.94. The molecule has 0 fully saturated rings. The number of fused-ring (bicyclic) bond motifs is 1. The molecule has 3 rings (SSSR count). The van der Waals surface area contributed by atoms with Crippen molar-refractivity contribution in [1.29, 1.82) is 0 Å². The zero-order valence-corrected chi connectivity index (χ0v) is 14.2. The summed E-state index contributed by atoms with van der Waals surface area (Å²) in [5.41, 5.74) is 0.181. The third-order valence-corrected chi connectivity index (χ3v) is 4.31. The molecule has 0 spiro atoms. The number of anilines is 2. The van der Waals surface area contributed by atoms with Gasteiger partial charge in [0.25, 0.3) is 5.91 Å². The lowest BCUT2D eigenvalue weighted by Gasteiger charge is -2.08. The smallest absolute Gasteiger partial charge is 0.326 e. The van der Waals surface area contributed by atoms with Crippen molar-refractivity contribution in [3.63, 3.8) is 0 Å². The van der Waals surface area contributed by atoms with E-state index in [1.165, 1.54) is 19.1 Å². The Morgan fingerprint density at radius 3 is 2.54 bits per heavy atom. The molecule has 2 aromatic carbocycles. The summed E-state index contributed by atoms with van der Waals surface area (Å²) >= 11 is 1.15. The highest BCUT2D eigenvalue weighted by atomic mass is 32.1. The van der Waals surface area contributed by atoms with E-state index in [1.54, 1.807) is 18.2 Å². The van der Waals surface area contributed by atoms with Crippen molar-refractivity contribution in [2.45, 2.75) is 13.1 Å². The normalized spacial score (nSPS) is 11.4. The average Bonchev–Trinajstić information content (AvgIpc) is 2.95. The van der Waals surface area contributed by atoms with Crippen LogP contribution in [-0.2, 0) is 11.0 Å². The Morgan fingerprint density at radius 1 is 1.08 bits per heavy atom. The fourth-order valence-corrected chi connectivity index (χ4v) is 3.17. The first-order valence-electron chi connectivity index (χ1n) is 7.39. The minimum absolute atomic E-state index is 0.113. The second kappa shape index (κ2) is 6.75. The summed E-state index contributed by atoms with van der Waals surface area (Å²) in [7, 11) is 0. The molecule has 0 aliphatic heterocycles. The lowest BCUT2D eigenvalue weighted by molar-refractivity contribution is -0.137. The van der Waals surface area contributed by atoms with Crippen LogP contribution in [0, 0.1) is 0 Å². The van der Waals surface area contributed by atoms with Gasteiger partial charge in [-0.15, -0.1) is 0 Å². The van der Waals surface area contributed by atoms with Gasteiger partial charge in [-0.05, 0) is 36.4 Å². The molecule has 3 aromatic rings. The van der Waals surface area contributed by atoms with Crippen LogP contribution in [0.2, 0.25) is 0 Å². The summed E-state index contributed by atoms with van der Waals surface area (Å²) in [4.78, 5) is 27.5. The summed E-state index contributed by atoms with van der Waals surface area (Å²) in [6.45, 7) is 1.39. The molecule has 2 N–H and O–H groups in total. The van der Waals surface area contributed by atoms with Crippen molar-refractivity contribution in [2.24, 2.45) is 0 Å². The highest BCUT2D eigenvalue weighted by Gasteiger charge is 2.30. The number of aromatic nitrogens is 1. The summed E-state index contributed by atoms with van der Waals surface area (Å²) in [5, 5.41) is 5.39. The summed E-state index contributed by atoms with van der Waals surface area (Å²) in [6.07, 6.45) is -4.52. The van der Waals surface area contributed by atoms with E-state index in [0.29, 0.717) is 11.2 Å². The Labute approximate surface area is 149 Å². The van der Waals surface area contributed by atoms with Gasteiger partial charge in [-0.25, -0.2) is 4.98 Å². The topological polar surface area (TPSA) is 71.1 Å². The number of nitrogens with zero attached hydrogens (tertiary/aromatic N) is 1. The molecular formula is C17H12F3N3O2S. The van der Waals surface area contributed by atoms with Crippen LogP contribution in [0.1, 0.15) is 22.8 Å². The Morgan fingerprint density at radius 2 is 1.85 bits per heavy atom. The minimum Gasteiger partial charge on any atom is -0.326 e. The van der Waals surface area contributed by atoms with E-state index >= 15 is 0 Å². The van der Waals surface area contributed by atoms with Gasteiger partial charge in [0.15, 0.2) is 5.13 Å². The van der Waals surface area contributed by atoms with Crippen LogP contribution >= 0.6 is 11.3 Å². The van der Waals surface area contributed by atoms with Gasteiger partial charge < -0.3 is 5.32 Å². The van der Waals surface area contributed by atoms with E-state index in [9.17, 15) is 22.8 Å². The Bertz CT molecular complexity index is 998. The van der Waals surface area contributed by atoms with Crippen LogP contribution in [0.25, 0.3) is 10.2 Å². The fourth-order valence-electron chi connectivity index (χ4n) is 2.27. The second-order valence-corrected chi connectivity index (χ2v) is 6.45.